The number of anilines is 1. The normalized spacial score (nSPS) is 16.7. The molecule has 30 heavy (non-hydrogen) atoms. The molecule has 0 aliphatic heterocycles. The van der Waals surface area contributed by atoms with Crippen LogP contribution in [0.25, 0.3) is 0 Å². The smallest absolute Gasteiger partial charge is 0.271 e. The monoisotopic (exact) mass is 400 g/mol. The molecule has 152 valence electrons. The second-order valence-corrected chi connectivity index (χ2v) is 8.21. The van der Waals surface area contributed by atoms with E-state index in [1.54, 1.807) is 6.07 Å². The molecule has 1 aliphatic rings. The van der Waals surface area contributed by atoms with Gasteiger partial charge in [-0.2, -0.15) is 0 Å². The van der Waals surface area contributed by atoms with Crippen LogP contribution >= 0.6 is 0 Å². The Morgan fingerprint density at radius 3 is 2.10 bits per heavy atom. The molecular formula is C25H24N2O3. The maximum Gasteiger partial charge on any atom is 0.271 e. The Hall–Kier alpha value is -3.47. The predicted molar refractivity (Wildman–Crippen MR) is 118 cm³/mol. The molecule has 1 saturated carbocycles. The highest BCUT2D eigenvalue weighted by Crippen LogP contribution is 2.59. The Morgan fingerprint density at radius 1 is 0.967 bits per heavy atom. The van der Waals surface area contributed by atoms with Crippen LogP contribution in [0.3, 0.4) is 0 Å². The Morgan fingerprint density at radius 2 is 1.57 bits per heavy atom. The third-order valence-corrected chi connectivity index (χ3v) is 6.03. The van der Waals surface area contributed by atoms with Crippen LogP contribution in [0.1, 0.15) is 34.2 Å². The molecule has 5 heteroatoms. The minimum Gasteiger partial charge on any atom is -0.325 e. The minimum atomic E-state index is -0.448. The Bertz CT molecular complexity index is 1110. The lowest BCUT2D eigenvalue weighted by Gasteiger charge is -2.20. The van der Waals surface area contributed by atoms with E-state index in [0.717, 1.165) is 27.8 Å². The summed E-state index contributed by atoms with van der Waals surface area (Å²) in [5.74, 6) is -0.346. The zero-order valence-corrected chi connectivity index (χ0v) is 17.3. The number of nitrogens with one attached hydrogen (secondary N) is 1. The van der Waals surface area contributed by atoms with Gasteiger partial charge in [0, 0.05) is 17.5 Å². The van der Waals surface area contributed by atoms with Gasteiger partial charge < -0.3 is 5.32 Å². The van der Waals surface area contributed by atoms with Crippen molar-refractivity contribution in [3.8, 4) is 0 Å². The van der Waals surface area contributed by atoms with Crippen LogP contribution in [0.2, 0.25) is 0 Å². The highest BCUT2D eigenvalue weighted by atomic mass is 16.6. The van der Waals surface area contributed by atoms with Crippen molar-refractivity contribution < 1.29 is 9.72 Å². The average Bonchev–Trinajstić information content (AvgIpc) is 3.47. The molecule has 4 rings (SSSR count). The van der Waals surface area contributed by atoms with E-state index in [1.807, 2.05) is 19.1 Å². The van der Waals surface area contributed by atoms with Gasteiger partial charge in [-0.15, -0.1) is 0 Å². The number of nitro benzene ring substituents is 1. The lowest BCUT2D eigenvalue weighted by Crippen LogP contribution is -2.23. The van der Waals surface area contributed by atoms with Gasteiger partial charge in [0.1, 0.15) is 0 Å². The SMILES string of the molecule is Cc1cccc(C2(c3cccc(C)c3)C[C@@H]2C(=O)Nc2cc([N+](=O)[O-])ccc2C)c1. The van der Waals surface area contributed by atoms with Crippen LogP contribution < -0.4 is 5.32 Å². The molecule has 3 aromatic carbocycles. The number of carbonyl (C=O) groups is 1. The van der Waals surface area contributed by atoms with Crippen LogP contribution in [0.5, 0.6) is 0 Å². The van der Waals surface area contributed by atoms with Crippen LogP contribution in [-0.4, -0.2) is 10.8 Å². The molecular weight excluding hydrogens is 376 g/mol. The molecule has 1 N–H and O–H groups in total. The summed E-state index contributed by atoms with van der Waals surface area (Å²) < 4.78 is 0. The minimum absolute atomic E-state index is 0.0321. The highest BCUT2D eigenvalue weighted by Gasteiger charge is 2.60. The van der Waals surface area contributed by atoms with Crippen molar-refractivity contribution in [2.75, 3.05) is 5.32 Å². The number of amides is 1. The molecule has 0 saturated heterocycles. The topological polar surface area (TPSA) is 72.2 Å². The van der Waals surface area contributed by atoms with E-state index in [0.29, 0.717) is 12.1 Å². The van der Waals surface area contributed by atoms with Gasteiger partial charge in [0.25, 0.3) is 5.69 Å². The Balaban J connectivity index is 1.70. The Kier molecular flexibility index (Phi) is 4.90. The number of hydrogen-bond acceptors (Lipinski definition) is 3. The summed E-state index contributed by atoms with van der Waals surface area (Å²) in [5, 5.41) is 14.1. The van der Waals surface area contributed by atoms with Crippen LogP contribution in [0.15, 0.2) is 66.7 Å². The van der Waals surface area contributed by atoms with Crippen LogP contribution in [-0.2, 0) is 10.2 Å². The van der Waals surface area contributed by atoms with Crippen molar-refractivity contribution in [3.63, 3.8) is 0 Å². The first kappa shape index (κ1) is 19.8. The molecule has 0 spiro atoms. The first-order valence-corrected chi connectivity index (χ1v) is 10.0. The van der Waals surface area contributed by atoms with Crippen LogP contribution in [0.4, 0.5) is 11.4 Å². The highest BCUT2D eigenvalue weighted by molar-refractivity contribution is 5.97. The predicted octanol–water partition coefficient (Wildman–Crippen LogP) is 5.46. The molecule has 3 aromatic rings. The number of benzene rings is 3. The number of aryl methyl sites for hydroxylation is 3. The number of nitrogens with zero attached hydrogens (tertiary/aromatic N) is 1. The molecule has 1 atom stereocenters. The lowest BCUT2D eigenvalue weighted by molar-refractivity contribution is -0.384. The van der Waals surface area contributed by atoms with Crippen molar-refractivity contribution in [1.29, 1.82) is 0 Å². The molecule has 1 fully saturated rings. The number of hydrogen-bond donors (Lipinski definition) is 1. The third-order valence-electron chi connectivity index (χ3n) is 6.03. The second kappa shape index (κ2) is 7.41. The number of non-ortho nitro benzene ring substituents is 1. The van der Waals surface area contributed by atoms with E-state index < -0.39 is 4.92 Å². The zero-order chi connectivity index (χ0) is 21.5. The summed E-state index contributed by atoms with van der Waals surface area (Å²) in [4.78, 5) is 23.9. The number of rotatable bonds is 5. The van der Waals surface area contributed by atoms with Gasteiger partial charge in [0.2, 0.25) is 5.91 Å². The standard InChI is InChI=1S/C25H24N2O3/c1-16-6-4-8-19(12-16)25(20-9-5-7-17(2)13-20)15-22(25)24(28)26-23-14-21(27(29)30)11-10-18(23)3/h4-14,22H,15H2,1-3H3,(H,26,28)/t22-/m1/s1. The Labute approximate surface area is 175 Å². The van der Waals surface area contributed by atoms with Gasteiger partial charge in [-0.05, 0) is 43.9 Å². The summed E-state index contributed by atoms with van der Waals surface area (Å²) in [6.07, 6.45) is 0.708. The fraction of sp³-hybridized carbons (Fsp3) is 0.240. The fourth-order valence-corrected chi connectivity index (χ4v) is 4.31. The summed E-state index contributed by atoms with van der Waals surface area (Å²) in [6.45, 7) is 5.94. The average molecular weight is 400 g/mol. The first-order chi connectivity index (χ1) is 14.3. The third kappa shape index (κ3) is 3.47. The zero-order valence-electron chi connectivity index (χ0n) is 17.3. The van der Waals surface area contributed by atoms with E-state index in [9.17, 15) is 14.9 Å². The molecule has 1 aliphatic carbocycles. The van der Waals surface area contributed by atoms with Gasteiger partial charge in [-0.1, -0.05) is 65.7 Å². The van der Waals surface area contributed by atoms with Gasteiger partial charge in [0.05, 0.1) is 16.5 Å². The van der Waals surface area contributed by atoms with Gasteiger partial charge in [-0.25, -0.2) is 0 Å². The molecule has 0 heterocycles. The molecule has 0 aromatic heterocycles. The largest absolute Gasteiger partial charge is 0.325 e. The van der Waals surface area contributed by atoms with E-state index >= 15 is 0 Å². The van der Waals surface area contributed by atoms with E-state index in [4.69, 9.17) is 0 Å². The summed E-state index contributed by atoms with van der Waals surface area (Å²) in [6, 6.07) is 21.2. The van der Waals surface area contributed by atoms with E-state index in [-0.39, 0.29) is 22.9 Å². The maximum atomic E-state index is 13.3. The van der Waals surface area contributed by atoms with Crippen molar-refractivity contribution >= 4 is 17.3 Å². The lowest BCUT2D eigenvalue weighted by atomic mass is 9.84. The molecule has 1 amide bonds. The summed E-state index contributed by atoms with van der Waals surface area (Å²) in [7, 11) is 0. The molecule has 0 bridgehead atoms. The van der Waals surface area contributed by atoms with Crippen molar-refractivity contribution in [1.82, 2.24) is 0 Å². The van der Waals surface area contributed by atoms with Crippen LogP contribution in [0, 0.1) is 36.8 Å². The van der Waals surface area contributed by atoms with Gasteiger partial charge in [-0.3, -0.25) is 14.9 Å². The molecule has 0 radical (unpaired) electrons. The van der Waals surface area contributed by atoms with Crippen molar-refractivity contribution in [3.05, 3.63) is 105 Å². The first-order valence-electron chi connectivity index (χ1n) is 10.0. The van der Waals surface area contributed by atoms with Crippen molar-refractivity contribution in [2.24, 2.45) is 5.92 Å². The second-order valence-electron chi connectivity index (χ2n) is 8.21. The number of carbonyl (C=O) groups excluding carboxylic acids is 1. The van der Waals surface area contributed by atoms with Crippen molar-refractivity contribution in [2.45, 2.75) is 32.6 Å². The van der Waals surface area contributed by atoms with E-state index in [1.165, 1.54) is 12.1 Å². The quantitative estimate of drug-likeness (QED) is 0.456. The summed E-state index contributed by atoms with van der Waals surface area (Å²) >= 11 is 0. The van der Waals surface area contributed by atoms with E-state index in [2.05, 4.69) is 55.6 Å². The molecule has 0 unspecified atom stereocenters. The summed E-state index contributed by atoms with van der Waals surface area (Å²) in [5.41, 5.74) is 5.44. The maximum absolute atomic E-state index is 13.3. The van der Waals surface area contributed by atoms with Gasteiger partial charge >= 0.3 is 0 Å². The molecule has 5 nitrogen and oxygen atoms in total. The van der Waals surface area contributed by atoms with Gasteiger partial charge in [0.15, 0.2) is 0 Å². The fourth-order valence-electron chi connectivity index (χ4n) is 4.31. The number of nitro groups is 1.